The van der Waals surface area contributed by atoms with Crippen molar-refractivity contribution in [3.05, 3.63) is 63.2 Å². The van der Waals surface area contributed by atoms with E-state index in [-0.39, 0.29) is 27.5 Å². The fourth-order valence-electron chi connectivity index (χ4n) is 2.90. The lowest BCUT2D eigenvalue weighted by Gasteiger charge is -2.22. The van der Waals surface area contributed by atoms with Crippen LogP contribution in [0.5, 0.6) is 0 Å². The number of nitrogens with zero attached hydrogens (tertiary/aromatic N) is 1. The second-order valence-electron chi connectivity index (χ2n) is 8.34. The van der Waals surface area contributed by atoms with Crippen LogP contribution in [0, 0.1) is 13.8 Å². The molecule has 0 bridgehead atoms. The number of carbonyl (C=O) groups is 1. The van der Waals surface area contributed by atoms with Gasteiger partial charge in [0.15, 0.2) is 0 Å². The molecule has 0 unspecified atom stereocenters. The standard InChI is InChI=1S/C22H28ClNO4S/c1-14-10-16(22(3,4)5)11-15(2)19(14)13-28-21(25)18-12-17(8-9-20(18)23)29(26,27)24(6)7/h8-12H,13H2,1-7H3. The Morgan fingerprint density at radius 1 is 1.07 bits per heavy atom. The quantitative estimate of drug-likeness (QED) is 0.626. The van der Waals surface area contributed by atoms with Crippen LogP contribution in [0.15, 0.2) is 35.2 Å². The zero-order valence-corrected chi connectivity index (χ0v) is 19.5. The van der Waals surface area contributed by atoms with Gasteiger partial charge in [0.2, 0.25) is 10.0 Å². The Bertz CT molecular complexity index is 1010. The first-order valence-electron chi connectivity index (χ1n) is 9.25. The molecule has 7 heteroatoms. The summed E-state index contributed by atoms with van der Waals surface area (Å²) in [7, 11) is -0.831. The molecule has 0 aliphatic heterocycles. The maximum atomic E-state index is 12.6. The molecule has 0 atom stereocenters. The summed E-state index contributed by atoms with van der Waals surface area (Å²) in [4.78, 5) is 12.6. The molecular formula is C22H28ClNO4S. The van der Waals surface area contributed by atoms with Crippen LogP contribution in [0.2, 0.25) is 5.02 Å². The highest BCUT2D eigenvalue weighted by Gasteiger charge is 2.22. The van der Waals surface area contributed by atoms with Crippen molar-refractivity contribution in [2.45, 2.75) is 51.5 Å². The van der Waals surface area contributed by atoms with Gasteiger partial charge in [0.05, 0.1) is 15.5 Å². The predicted molar refractivity (Wildman–Crippen MR) is 116 cm³/mol. The number of ether oxygens (including phenoxy) is 1. The van der Waals surface area contributed by atoms with E-state index >= 15 is 0 Å². The van der Waals surface area contributed by atoms with Gasteiger partial charge >= 0.3 is 5.97 Å². The SMILES string of the molecule is Cc1cc(C(C)(C)C)cc(C)c1COC(=O)c1cc(S(=O)(=O)N(C)C)ccc1Cl. The van der Waals surface area contributed by atoms with E-state index < -0.39 is 16.0 Å². The number of hydrogen-bond acceptors (Lipinski definition) is 4. The van der Waals surface area contributed by atoms with E-state index in [4.69, 9.17) is 16.3 Å². The molecule has 0 N–H and O–H groups in total. The number of esters is 1. The van der Waals surface area contributed by atoms with Crippen molar-refractivity contribution in [2.24, 2.45) is 0 Å². The van der Waals surface area contributed by atoms with Gasteiger partial charge < -0.3 is 4.74 Å². The first-order chi connectivity index (χ1) is 13.2. The molecule has 5 nitrogen and oxygen atoms in total. The van der Waals surface area contributed by atoms with Crippen LogP contribution in [-0.4, -0.2) is 32.8 Å². The number of carbonyl (C=O) groups excluding carboxylic acids is 1. The molecule has 2 aromatic rings. The fraction of sp³-hybridized carbons (Fsp3) is 0.409. The Balaban J connectivity index is 2.29. The number of aryl methyl sites for hydroxylation is 2. The average Bonchev–Trinajstić information content (AvgIpc) is 2.59. The molecule has 0 radical (unpaired) electrons. The van der Waals surface area contributed by atoms with Crippen molar-refractivity contribution in [3.63, 3.8) is 0 Å². The largest absolute Gasteiger partial charge is 0.457 e. The van der Waals surface area contributed by atoms with Gasteiger partial charge in [0, 0.05) is 14.1 Å². The summed E-state index contributed by atoms with van der Waals surface area (Å²) < 4.78 is 31.2. The summed E-state index contributed by atoms with van der Waals surface area (Å²) in [5.41, 5.74) is 4.27. The highest BCUT2D eigenvalue weighted by atomic mass is 35.5. The summed E-state index contributed by atoms with van der Waals surface area (Å²) in [6.45, 7) is 10.5. The maximum Gasteiger partial charge on any atom is 0.340 e. The second-order valence-corrected chi connectivity index (χ2v) is 10.9. The van der Waals surface area contributed by atoms with Crippen molar-refractivity contribution >= 4 is 27.6 Å². The van der Waals surface area contributed by atoms with E-state index in [0.717, 1.165) is 21.0 Å². The Morgan fingerprint density at radius 3 is 2.10 bits per heavy atom. The number of rotatable bonds is 5. The third-order valence-electron chi connectivity index (χ3n) is 4.85. The normalized spacial score (nSPS) is 12.3. The third-order valence-corrected chi connectivity index (χ3v) is 6.99. The monoisotopic (exact) mass is 437 g/mol. The lowest BCUT2D eigenvalue weighted by atomic mass is 9.84. The Kier molecular flexibility index (Phi) is 6.82. The van der Waals surface area contributed by atoms with Gasteiger partial charge in [0.1, 0.15) is 6.61 Å². The van der Waals surface area contributed by atoms with Crippen LogP contribution in [0.3, 0.4) is 0 Å². The lowest BCUT2D eigenvalue weighted by molar-refractivity contribution is 0.0471. The number of benzene rings is 2. The van der Waals surface area contributed by atoms with Gasteiger partial charge in [-0.25, -0.2) is 17.5 Å². The number of sulfonamides is 1. The maximum absolute atomic E-state index is 12.6. The second kappa shape index (κ2) is 8.46. The van der Waals surface area contributed by atoms with Gasteiger partial charge in [-0.05, 0) is 59.7 Å². The summed E-state index contributed by atoms with van der Waals surface area (Å²) in [5, 5.41) is 0.143. The van der Waals surface area contributed by atoms with E-state index in [1.54, 1.807) is 0 Å². The predicted octanol–water partition coefficient (Wildman–Crippen LogP) is 4.86. The van der Waals surface area contributed by atoms with Crippen molar-refractivity contribution < 1.29 is 17.9 Å². The van der Waals surface area contributed by atoms with E-state index in [2.05, 4.69) is 32.9 Å². The molecule has 0 saturated heterocycles. The molecule has 29 heavy (non-hydrogen) atoms. The molecule has 0 aliphatic rings. The lowest BCUT2D eigenvalue weighted by Crippen LogP contribution is -2.22. The molecular weight excluding hydrogens is 410 g/mol. The van der Waals surface area contributed by atoms with Crippen molar-refractivity contribution in [3.8, 4) is 0 Å². The first kappa shape index (κ1) is 23.4. The summed E-state index contributed by atoms with van der Waals surface area (Å²) in [6.07, 6.45) is 0. The van der Waals surface area contributed by atoms with E-state index in [1.807, 2.05) is 13.8 Å². The summed E-state index contributed by atoms with van der Waals surface area (Å²) in [5.74, 6) is -0.662. The van der Waals surface area contributed by atoms with Gasteiger partial charge in [0.25, 0.3) is 0 Å². The van der Waals surface area contributed by atoms with Crippen LogP contribution in [-0.2, 0) is 26.8 Å². The first-order valence-corrected chi connectivity index (χ1v) is 11.1. The van der Waals surface area contributed by atoms with Crippen LogP contribution < -0.4 is 0 Å². The number of hydrogen-bond donors (Lipinski definition) is 0. The van der Waals surface area contributed by atoms with Crippen molar-refractivity contribution in [1.82, 2.24) is 4.31 Å². The number of halogens is 1. The molecule has 0 saturated carbocycles. The minimum absolute atomic E-state index is 0.0132. The Hall–Kier alpha value is -1.89. The molecule has 2 aromatic carbocycles. The highest BCUT2D eigenvalue weighted by molar-refractivity contribution is 7.89. The Labute approximate surface area is 178 Å². The fourth-order valence-corrected chi connectivity index (χ4v) is 4.02. The van der Waals surface area contributed by atoms with Crippen molar-refractivity contribution in [1.29, 1.82) is 0 Å². The van der Waals surface area contributed by atoms with E-state index in [0.29, 0.717) is 0 Å². The average molecular weight is 438 g/mol. The van der Waals surface area contributed by atoms with Crippen LogP contribution in [0.4, 0.5) is 0 Å². The van der Waals surface area contributed by atoms with Gasteiger partial charge in [-0.15, -0.1) is 0 Å². The van der Waals surface area contributed by atoms with Gasteiger partial charge in [-0.2, -0.15) is 0 Å². The summed E-state index contributed by atoms with van der Waals surface area (Å²) in [6, 6.07) is 8.22. The van der Waals surface area contributed by atoms with Crippen molar-refractivity contribution in [2.75, 3.05) is 14.1 Å². The third kappa shape index (κ3) is 5.18. The molecule has 0 spiro atoms. The topological polar surface area (TPSA) is 63.7 Å². The van der Waals surface area contributed by atoms with E-state index in [9.17, 15) is 13.2 Å². The highest BCUT2D eigenvalue weighted by Crippen LogP contribution is 2.28. The zero-order chi connectivity index (χ0) is 22.1. The molecule has 0 aromatic heterocycles. The molecule has 0 aliphatic carbocycles. The smallest absolute Gasteiger partial charge is 0.340 e. The minimum Gasteiger partial charge on any atom is -0.457 e. The van der Waals surface area contributed by atoms with Crippen LogP contribution >= 0.6 is 11.6 Å². The zero-order valence-electron chi connectivity index (χ0n) is 18.0. The van der Waals surface area contributed by atoms with Crippen LogP contribution in [0.1, 0.15) is 53.4 Å². The molecule has 0 fully saturated rings. The van der Waals surface area contributed by atoms with Gasteiger partial charge in [-0.1, -0.05) is 44.5 Å². The molecule has 158 valence electrons. The summed E-state index contributed by atoms with van der Waals surface area (Å²) >= 11 is 6.13. The Morgan fingerprint density at radius 2 is 1.62 bits per heavy atom. The van der Waals surface area contributed by atoms with Gasteiger partial charge in [-0.3, -0.25) is 0 Å². The minimum atomic E-state index is -3.68. The molecule has 2 rings (SSSR count). The molecule has 0 heterocycles. The van der Waals surface area contributed by atoms with Crippen LogP contribution in [0.25, 0.3) is 0 Å². The van der Waals surface area contributed by atoms with E-state index in [1.165, 1.54) is 37.9 Å². The molecule has 0 amide bonds.